The van der Waals surface area contributed by atoms with Gasteiger partial charge < -0.3 is 4.57 Å². The Kier molecular flexibility index (Phi) is 9.27. The van der Waals surface area contributed by atoms with Gasteiger partial charge in [-0.25, -0.2) is 15.0 Å². The number of nitrogens with zero attached hydrogens (tertiary/aromatic N) is 4. The van der Waals surface area contributed by atoms with E-state index in [-0.39, 0.29) is 5.41 Å². The van der Waals surface area contributed by atoms with Gasteiger partial charge in [0.15, 0.2) is 17.5 Å². The lowest BCUT2D eigenvalue weighted by Gasteiger charge is -2.34. The van der Waals surface area contributed by atoms with Gasteiger partial charge in [-0.15, -0.1) is 0 Å². The van der Waals surface area contributed by atoms with Crippen molar-refractivity contribution in [3.63, 3.8) is 0 Å². The van der Waals surface area contributed by atoms with Crippen molar-refractivity contribution in [3.05, 3.63) is 288 Å². The van der Waals surface area contributed by atoms with Crippen LogP contribution in [0.1, 0.15) is 47.2 Å². The Morgan fingerprint density at radius 2 is 0.805 bits per heavy atom. The molecule has 0 amide bonds. The normalized spacial score (nSPS) is 13.8. The molecular formula is C73H48N4. The van der Waals surface area contributed by atoms with Crippen molar-refractivity contribution in [3.8, 4) is 95.5 Å². The third-order valence-electron chi connectivity index (χ3n) is 17.1. The first-order chi connectivity index (χ1) is 37.9. The molecule has 11 aromatic carbocycles. The van der Waals surface area contributed by atoms with Crippen LogP contribution in [0.5, 0.6) is 0 Å². The molecule has 3 heterocycles. The van der Waals surface area contributed by atoms with Crippen molar-refractivity contribution < 1.29 is 0 Å². The van der Waals surface area contributed by atoms with Crippen LogP contribution in [-0.4, -0.2) is 19.5 Å². The van der Waals surface area contributed by atoms with E-state index in [0.717, 1.165) is 33.5 Å². The van der Waals surface area contributed by atoms with Crippen LogP contribution in [0.25, 0.3) is 117 Å². The predicted octanol–water partition coefficient (Wildman–Crippen LogP) is 18.0. The Bertz CT molecular complexity index is 4470. The molecule has 16 rings (SSSR count). The summed E-state index contributed by atoms with van der Waals surface area (Å²) in [5, 5.41) is 2.45. The zero-order chi connectivity index (χ0) is 51.0. The van der Waals surface area contributed by atoms with E-state index in [0.29, 0.717) is 17.5 Å². The van der Waals surface area contributed by atoms with Crippen molar-refractivity contribution in [2.75, 3.05) is 0 Å². The van der Waals surface area contributed by atoms with E-state index in [1.165, 1.54) is 99.7 Å². The SMILES string of the molecule is CC1(C)c2ccccc2-c2cc(-c3nc(-c4ccccc4)nc(-c4ccc5c6c4-c4ccccc4-n4c7ccccc7c7ccc(c-6c74)C5(c4ccc(-c5ccccc5)cc4)c4ccc(-c5ccccc5)cc4)n3)ccc21. The first-order valence-corrected chi connectivity index (χ1v) is 26.7. The Balaban J connectivity index is 1.02. The van der Waals surface area contributed by atoms with E-state index in [1.807, 2.05) is 6.07 Å². The highest BCUT2D eigenvalue weighted by Gasteiger charge is 2.50. The van der Waals surface area contributed by atoms with Gasteiger partial charge >= 0.3 is 0 Å². The third kappa shape index (κ3) is 6.18. The Labute approximate surface area is 447 Å². The van der Waals surface area contributed by atoms with Crippen LogP contribution in [-0.2, 0) is 10.8 Å². The molecule has 13 aromatic rings. The van der Waals surface area contributed by atoms with Crippen molar-refractivity contribution in [2.45, 2.75) is 24.7 Å². The second-order valence-electron chi connectivity index (χ2n) is 21.4. The molecule has 0 bridgehead atoms. The average Bonchev–Trinajstić information content (AvgIpc) is 3.52. The van der Waals surface area contributed by atoms with Gasteiger partial charge in [0.05, 0.1) is 22.1 Å². The summed E-state index contributed by atoms with van der Waals surface area (Å²) in [6, 6.07) is 93.5. The lowest BCUT2D eigenvalue weighted by molar-refractivity contribution is 0.660. The number of hydrogen-bond acceptors (Lipinski definition) is 3. The first kappa shape index (κ1) is 43.6. The molecule has 1 aliphatic heterocycles. The fourth-order valence-electron chi connectivity index (χ4n) is 13.6. The fourth-order valence-corrected chi connectivity index (χ4v) is 13.6. The molecule has 2 aromatic heterocycles. The van der Waals surface area contributed by atoms with Gasteiger partial charge in [-0.05, 0) is 90.5 Å². The third-order valence-corrected chi connectivity index (χ3v) is 17.1. The summed E-state index contributed by atoms with van der Waals surface area (Å²) in [6.07, 6.45) is 0. The molecule has 2 aliphatic carbocycles. The molecule has 0 saturated heterocycles. The number of hydrogen-bond donors (Lipinski definition) is 0. The summed E-state index contributed by atoms with van der Waals surface area (Å²) in [5.41, 5.74) is 24.9. The van der Waals surface area contributed by atoms with Gasteiger partial charge in [-0.3, -0.25) is 0 Å². The number of benzene rings is 11. The van der Waals surface area contributed by atoms with Crippen molar-refractivity contribution in [1.82, 2.24) is 19.5 Å². The van der Waals surface area contributed by atoms with Crippen LogP contribution in [0.3, 0.4) is 0 Å². The van der Waals surface area contributed by atoms with Crippen LogP contribution in [0.4, 0.5) is 0 Å². The van der Waals surface area contributed by atoms with E-state index in [4.69, 9.17) is 15.0 Å². The molecule has 0 fully saturated rings. The van der Waals surface area contributed by atoms with Gasteiger partial charge in [-0.1, -0.05) is 250 Å². The maximum absolute atomic E-state index is 5.61. The van der Waals surface area contributed by atoms with Crippen LogP contribution in [0.15, 0.2) is 255 Å². The molecule has 0 spiro atoms. The van der Waals surface area contributed by atoms with Gasteiger partial charge in [0.2, 0.25) is 0 Å². The Hall–Kier alpha value is -9.77. The standard InChI is InChI=1S/C73H48N4/c1-72(2)59-27-15-12-24-53(59)58-44-50(34-41-60(58)72)70-74-69(49-22-10-5-11-23-49)75-71(76-70)57-40-43-61-66-65(57)56-26-14-17-29-64(56)77-63-28-16-13-25-54(63)55-39-42-62(67(66)68(55)77)73(61,51-35-30-47(31-36-51)45-18-6-3-7-19-45)52-37-32-48(33-38-52)46-20-8-4-9-21-46/h3-44H,1-2H3. The molecule has 0 unspecified atom stereocenters. The highest BCUT2D eigenvalue weighted by atomic mass is 15.0. The van der Waals surface area contributed by atoms with Gasteiger partial charge in [0.1, 0.15) is 0 Å². The second kappa shape index (κ2) is 16.4. The van der Waals surface area contributed by atoms with Crippen molar-refractivity contribution in [2.24, 2.45) is 0 Å². The molecule has 77 heavy (non-hydrogen) atoms. The zero-order valence-electron chi connectivity index (χ0n) is 42.5. The number of aromatic nitrogens is 4. The monoisotopic (exact) mass is 980 g/mol. The summed E-state index contributed by atoms with van der Waals surface area (Å²) < 4.78 is 2.54. The van der Waals surface area contributed by atoms with Crippen LogP contribution < -0.4 is 0 Å². The Morgan fingerprint density at radius 3 is 1.49 bits per heavy atom. The van der Waals surface area contributed by atoms with Crippen LogP contribution in [0, 0.1) is 0 Å². The van der Waals surface area contributed by atoms with Gasteiger partial charge in [-0.2, -0.15) is 0 Å². The molecule has 0 N–H and O–H groups in total. The van der Waals surface area contributed by atoms with Gasteiger partial charge in [0, 0.05) is 49.6 Å². The maximum Gasteiger partial charge on any atom is 0.164 e. The lowest BCUT2D eigenvalue weighted by Crippen LogP contribution is -2.28. The van der Waals surface area contributed by atoms with Crippen molar-refractivity contribution >= 4 is 21.8 Å². The molecule has 3 aliphatic rings. The van der Waals surface area contributed by atoms with E-state index in [2.05, 4.69) is 267 Å². The summed E-state index contributed by atoms with van der Waals surface area (Å²) in [7, 11) is 0. The molecule has 4 nitrogen and oxygen atoms in total. The molecule has 0 radical (unpaired) electrons. The maximum atomic E-state index is 5.61. The van der Waals surface area contributed by atoms with E-state index < -0.39 is 5.41 Å². The van der Waals surface area contributed by atoms with E-state index >= 15 is 0 Å². The topological polar surface area (TPSA) is 43.6 Å². The summed E-state index contributed by atoms with van der Waals surface area (Å²) in [6.45, 7) is 4.65. The molecular weight excluding hydrogens is 933 g/mol. The predicted molar refractivity (Wildman–Crippen MR) is 315 cm³/mol. The quantitative estimate of drug-likeness (QED) is 0.160. The minimum atomic E-state index is -0.724. The number of para-hydroxylation sites is 2. The fraction of sp³-hybridized carbons (Fsp3) is 0.0548. The molecule has 0 atom stereocenters. The lowest BCUT2D eigenvalue weighted by atomic mass is 9.67. The number of rotatable bonds is 7. The smallest absolute Gasteiger partial charge is 0.164 e. The second-order valence-corrected chi connectivity index (χ2v) is 21.4. The average molecular weight is 981 g/mol. The Morgan fingerprint density at radius 1 is 0.312 bits per heavy atom. The van der Waals surface area contributed by atoms with Crippen LogP contribution >= 0.6 is 0 Å². The van der Waals surface area contributed by atoms with Crippen molar-refractivity contribution in [1.29, 1.82) is 0 Å². The molecule has 4 heteroatoms. The molecule has 360 valence electrons. The summed E-state index contributed by atoms with van der Waals surface area (Å²) in [5.74, 6) is 1.90. The highest BCUT2D eigenvalue weighted by molar-refractivity contribution is 6.20. The van der Waals surface area contributed by atoms with E-state index in [1.54, 1.807) is 0 Å². The highest BCUT2D eigenvalue weighted by Crippen LogP contribution is 2.64. The summed E-state index contributed by atoms with van der Waals surface area (Å²) in [4.78, 5) is 16.5. The minimum absolute atomic E-state index is 0.127. The minimum Gasteiger partial charge on any atom is -0.308 e. The largest absolute Gasteiger partial charge is 0.308 e. The summed E-state index contributed by atoms with van der Waals surface area (Å²) >= 11 is 0. The van der Waals surface area contributed by atoms with E-state index in [9.17, 15) is 0 Å². The number of fused-ring (bicyclic) bond motifs is 9. The van der Waals surface area contributed by atoms with Crippen LogP contribution in [0.2, 0.25) is 0 Å². The molecule has 0 saturated carbocycles. The van der Waals surface area contributed by atoms with Gasteiger partial charge in [0.25, 0.3) is 0 Å². The zero-order valence-corrected chi connectivity index (χ0v) is 42.5. The first-order valence-electron chi connectivity index (χ1n) is 26.7.